The van der Waals surface area contributed by atoms with E-state index in [1.165, 1.54) is 0 Å². The van der Waals surface area contributed by atoms with Gasteiger partial charge in [-0.05, 0) is 19.8 Å². The van der Waals surface area contributed by atoms with Crippen molar-refractivity contribution in [2.75, 3.05) is 13.1 Å². The average Bonchev–Trinajstić information content (AvgIpc) is 2.63. The first-order chi connectivity index (χ1) is 7.90. The molecule has 1 atom stereocenters. The molecule has 0 aromatic carbocycles. The Bertz CT molecular complexity index is 330. The molecule has 0 saturated carbocycles. The van der Waals surface area contributed by atoms with Crippen LogP contribution in [0.3, 0.4) is 0 Å². The third kappa shape index (κ3) is 4.48. The van der Waals surface area contributed by atoms with Crippen molar-refractivity contribution in [3.05, 3.63) is 18.0 Å². The Morgan fingerprint density at radius 2 is 1.94 bits per heavy atom. The van der Waals surface area contributed by atoms with E-state index in [4.69, 9.17) is 5.73 Å². The Hall–Kier alpha value is -0.870. The summed E-state index contributed by atoms with van der Waals surface area (Å²) in [6, 6.07) is 0.574. The van der Waals surface area contributed by atoms with E-state index in [-0.39, 0.29) is 6.04 Å². The van der Waals surface area contributed by atoms with E-state index < -0.39 is 0 Å². The van der Waals surface area contributed by atoms with Crippen LogP contribution in [-0.2, 0) is 7.05 Å². The van der Waals surface area contributed by atoms with Crippen molar-refractivity contribution in [3.8, 4) is 0 Å². The van der Waals surface area contributed by atoms with Gasteiger partial charge in [-0.3, -0.25) is 9.58 Å². The fourth-order valence-corrected chi connectivity index (χ4v) is 1.95. The summed E-state index contributed by atoms with van der Waals surface area (Å²) in [7, 11) is 1.92. The molecule has 4 nitrogen and oxygen atoms in total. The molecule has 0 saturated heterocycles. The summed E-state index contributed by atoms with van der Waals surface area (Å²) in [4.78, 5) is 2.43. The van der Waals surface area contributed by atoms with Crippen LogP contribution in [0.2, 0.25) is 0 Å². The molecule has 0 bridgehead atoms. The monoisotopic (exact) mass is 238 g/mol. The van der Waals surface area contributed by atoms with E-state index in [1.807, 2.05) is 19.4 Å². The molecule has 1 heterocycles. The largest absolute Gasteiger partial charge is 0.323 e. The van der Waals surface area contributed by atoms with Crippen LogP contribution in [0, 0.1) is 5.92 Å². The summed E-state index contributed by atoms with van der Waals surface area (Å²) in [6.07, 6.45) is 3.86. The van der Waals surface area contributed by atoms with Gasteiger partial charge in [0.15, 0.2) is 0 Å². The van der Waals surface area contributed by atoms with Crippen molar-refractivity contribution in [2.24, 2.45) is 18.7 Å². The Balaban J connectivity index is 2.60. The second kappa shape index (κ2) is 6.17. The number of rotatable bonds is 6. The third-order valence-electron chi connectivity index (χ3n) is 2.91. The van der Waals surface area contributed by atoms with Crippen molar-refractivity contribution in [1.82, 2.24) is 14.7 Å². The Morgan fingerprint density at radius 1 is 1.29 bits per heavy atom. The second-order valence-electron chi connectivity index (χ2n) is 5.50. The summed E-state index contributed by atoms with van der Waals surface area (Å²) in [5.41, 5.74) is 7.34. The maximum absolute atomic E-state index is 6.23. The van der Waals surface area contributed by atoms with Crippen LogP contribution in [0.1, 0.15) is 39.3 Å². The van der Waals surface area contributed by atoms with Crippen molar-refractivity contribution in [1.29, 1.82) is 0 Å². The minimum absolute atomic E-state index is 0.0462. The van der Waals surface area contributed by atoms with Crippen LogP contribution in [-0.4, -0.2) is 33.8 Å². The number of aromatic nitrogens is 2. The van der Waals surface area contributed by atoms with Gasteiger partial charge in [0.2, 0.25) is 0 Å². The lowest BCUT2D eigenvalue weighted by atomic mass is 10.1. The predicted molar refractivity (Wildman–Crippen MR) is 71.7 cm³/mol. The van der Waals surface area contributed by atoms with Gasteiger partial charge in [-0.2, -0.15) is 5.10 Å². The lowest BCUT2D eigenvalue weighted by molar-refractivity contribution is 0.186. The van der Waals surface area contributed by atoms with E-state index in [0.29, 0.717) is 12.0 Å². The van der Waals surface area contributed by atoms with E-state index in [2.05, 4.69) is 37.7 Å². The van der Waals surface area contributed by atoms with Crippen LogP contribution < -0.4 is 5.73 Å². The van der Waals surface area contributed by atoms with E-state index >= 15 is 0 Å². The highest BCUT2D eigenvalue weighted by molar-refractivity contribution is 5.10. The highest BCUT2D eigenvalue weighted by atomic mass is 15.2. The molecule has 0 aliphatic rings. The van der Waals surface area contributed by atoms with Crippen molar-refractivity contribution in [3.63, 3.8) is 0 Å². The van der Waals surface area contributed by atoms with Crippen LogP contribution in [0.5, 0.6) is 0 Å². The molecule has 2 N–H and O–H groups in total. The van der Waals surface area contributed by atoms with Crippen LogP contribution in [0.25, 0.3) is 0 Å². The average molecular weight is 238 g/mol. The molecule has 1 rings (SSSR count). The van der Waals surface area contributed by atoms with Crippen LogP contribution in [0.15, 0.2) is 12.4 Å². The molecule has 17 heavy (non-hydrogen) atoms. The first kappa shape index (κ1) is 14.2. The molecule has 1 aromatic rings. The summed E-state index contributed by atoms with van der Waals surface area (Å²) < 4.78 is 1.80. The number of nitrogens with zero attached hydrogens (tertiary/aromatic N) is 3. The second-order valence-corrected chi connectivity index (χ2v) is 5.50. The lowest BCUT2D eigenvalue weighted by Crippen LogP contribution is -2.39. The molecule has 1 unspecified atom stereocenters. The summed E-state index contributed by atoms with van der Waals surface area (Å²) >= 11 is 0. The van der Waals surface area contributed by atoms with Gasteiger partial charge in [-0.15, -0.1) is 0 Å². The van der Waals surface area contributed by atoms with E-state index in [9.17, 15) is 0 Å². The fraction of sp³-hybridized carbons (Fsp3) is 0.769. The standard InChI is InChI=1S/C13H26N4/c1-10(2)7-17(11(3)4)9-13(14)12-6-15-16(5)8-12/h6,8,10-11,13H,7,9,14H2,1-5H3. The molecule has 0 radical (unpaired) electrons. The highest BCUT2D eigenvalue weighted by Gasteiger charge is 2.17. The molecule has 98 valence electrons. The molecule has 0 fully saturated rings. The normalized spacial score (nSPS) is 13.9. The summed E-state index contributed by atoms with van der Waals surface area (Å²) in [5, 5.41) is 4.17. The topological polar surface area (TPSA) is 47.1 Å². The number of hydrogen-bond donors (Lipinski definition) is 1. The third-order valence-corrected chi connectivity index (χ3v) is 2.91. The zero-order valence-electron chi connectivity index (χ0n) is 11.7. The lowest BCUT2D eigenvalue weighted by Gasteiger charge is -2.30. The molecular weight excluding hydrogens is 212 g/mol. The van der Waals surface area contributed by atoms with Crippen molar-refractivity contribution in [2.45, 2.75) is 39.8 Å². The van der Waals surface area contributed by atoms with Gasteiger partial charge in [0.05, 0.1) is 6.20 Å². The van der Waals surface area contributed by atoms with Gasteiger partial charge in [-0.25, -0.2) is 0 Å². The molecule has 0 aliphatic heterocycles. The van der Waals surface area contributed by atoms with Gasteiger partial charge in [0, 0.05) is 44.0 Å². The number of aryl methyl sites for hydroxylation is 1. The van der Waals surface area contributed by atoms with Gasteiger partial charge in [0.1, 0.15) is 0 Å². The molecule has 0 aliphatic carbocycles. The Kier molecular flexibility index (Phi) is 5.15. The summed E-state index contributed by atoms with van der Waals surface area (Å²) in [5.74, 6) is 0.665. The highest BCUT2D eigenvalue weighted by Crippen LogP contribution is 2.13. The van der Waals surface area contributed by atoms with E-state index in [0.717, 1.165) is 18.7 Å². The fourth-order valence-electron chi connectivity index (χ4n) is 1.95. The van der Waals surface area contributed by atoms with Crippen molar-refractivity contribution < 1.29 is 0 Å². The minimum Gasteiger partial charge on any atom is -0.323 e. The van der Waals surface area contributed by atoms with Gasteiger partial charge >= 0.3 is 0 Å². The van der Waals surface area contributed by atoms with Crippen LogP contribution in [0.4, 0.5) is 0 Å². The summed E-state index contributed by atoms with van der Waals surface area (Å²) in [6.45, 7) is 10.9. The molecule has 4 heteroatoms. The first-order valence-corrected chi connectivity index (χ1v) is 6.38. The minimum atomic E-state index is 0.0462. The Labute approximate surface area is 105 Å². The predicted octanol–water partition coefficient (Wildman–Crippen LogP) is 1.79. The zero-order chi connectivity index (χ0) is 13.0. The number of hydrogen-bond acceptors (Lipinski definition) is 3. The van der Waals surface area contributed by atoms with Gasteiger partial charge < -0.3 is 5.73 Å². The van der Waals surface area contributed by atoms with Gasteiger partial charge in [-0.1, -0.05) is 13.8 Å². The van der Waals surface area contributed by atoms with Crippen molar-refractivity contribution >= 4 is 0 Å². The maximum atomic E-state index is 6.23. The van der Waals surface area contributed by atoms with Crippen LogP contribution >= 0.6 is 0 Å². The SMILES string of the molecule is CC(C)CN(CC(N)c1cnn(C)c1)C(C)C. The quantitative estimate of drug-likeness (QED) is 0.822. The Morgan fingerprint density at radius 3 is 2.35 bits per heavy atom. The molecular formula is C13H26N4. The van der Waals surface area contributed by atoms with Gasteiger partial charge in [0.25, 0.3) is 0 Å². The number of nitrogens with two attached hydrogens (primary N) is 1. The molecule has 0 amide bonds. The smallest absolute Gasteiger partial charge is 0.0537 e. The van der Waals surface area contributed by atoms with E-state index in [1.54, 1.807) is 4.68 Å². The molecule has 1 aromatic heterocycles. The maximum Gasteiger partial charge on any atom is 0.0537 e. The molecule has 0 spiro atoms. The zero-order valence-corrected chi connectivity index (χ0v) is 11.7. The first-order valence-electron chi connectivity index (χ1n) is 6.38.